The van der Waals surface area contributed by atoms with Gasteiger partial charge in [0.25, 0.3) is 26.1 Å². The van der Waals surface area contributed by atoms with Crippen LogP contribution >= 0.6 is 23.2 Å². The number of amides is 1. The molecule has 75 heavy (non-hydrogen) atoms. The number of phenols is 1. The Morgan fingerprint density at radius 1 is 0.613 bits per heavy atom. The third-order valence-corrected chi connectivity index (χ3v) is 13.0. The van der Waals surface area contributed by atoms with Gasteiger partial charge in [-0.2, -0.15) is 21.9 Å². The molecule has 380 valence electrons. The number of halogens is 2. The average molecular weight is 1220 g/mol. The second-order valence-corrected chi connectivity index (χ2v) is 19.6. The number of hydrogen-bond donors (Lipinski definition) is 4. The van der Waals surface area contributed by atoms with Gasteiger partial charge in [0, 0.05) is 28.6 Å². The summed E-state index contributed by atoms with van der Waals surface area (Å²) in [5, 5.41) is 58.7. The largest absolute Gasteiger partial charge is 2.00 e. The van der Waals surface area contributed by atoms with Crippen LogP contribution in [0.4, 0.5) is 34.1 Å². The molecule has 8 aromatic rings. The summed E-state index contributed by atoms with van der Waals surface area (Å²) in [7, 11) is -8.94. The Labute approximate surface area is 481 Å². The van der Waals surface area contributed by atoms with Crippen LogP contribution < -0.4 is 25.0 Å². The van der Waals surface area contributed by atoms with E-state index in [0.717, 1.165) is 12.1 Å². The van der Waals surface area contributed by atoms with Gasteiger partial charge < -0.3 is 30.1 Å². The van der Waals surface area contributed by atoms with Gasteiger partial charge in [0.05, 0.1) is 50.0 Å². The molecule has 0 spiro atoms. The molecule has 0 radical (unpaired) electrons. The van der Waals surface area contributed by atoms with Crippen molar-refractivity contribution in [2.24, 2.45) is 25.4 Å². The van der Waals surface area contributed by atoms with E-state index in [2.05, 4.69) is 30.8 Å². The van der Waals surface area contributed by atoms with Crippen LogP contribution in [0.25, 0.3) is 21.5 Å². The van der Waals surface area contributed by atoms with E-state index in [1.54, 1.807) is 110 Å². The first-order valence-corrected chi connectivity index (χ1v) is 25.7. The smallest absolute Gasteiger partial charge is 0.871 e. The van der Waals surface area contributed by atoms with Crippen molar-refractivity contribution in [3.05, 3.63) is 166 Å². The van der Waals surface area contributed by atoms with E-state index in [1.165, 1.54) is 25.1 Å². The monoisotopic (exact) mass is 1210 g/mol. The number of ether oxygens (including phenoxy) is 2. The Kier molecular flexibility index (Phi) is 19.3. The summed E-state index contributed by atoms with van der Waals surface area (Å²) in [5.41, 5.74) is 1.38. The summed E-state index contributed by atoms with van der Waals surface area (Å²) in [6.07, 6.45) is 0. The van der Waals surface area contributed by atoms with Gasteiger partial charge in [-0.25, -0.2) is 0 Å². The van der Waals surface area contributed by atoms with E-state index < -0.39 is 48.4 Å². The number of carbonyl (C=O) groups excluding carboxylic acids is 1. The molecular formula is C52H42BaCl2N6O12S2. The SMILES string of the molecule is CCOc1cccc(N=C([O-])c2cc3ccccc3c(N=Nc3c(C)cc(S(=O)(=O)O)cc3Cl)c2[O-])c1.CCOc1cccc(NC(=O)c2cc3ccccc3c(N=Nc3c(C)cc(S(=O)(=O)O)cc3Cl)c2O)c1.[Ba+2]. The maximum absolute atomic E-state index is 13.4. The molecule has 23 heteroatoms. The predicted octanol–water partition coefficient (Wildman–Crippen LogP) is 11.8. The van der Waals surface area contributed by atoms with Gasteiger partial charge in [0.1, 0.15) is 28.6 Å². The van der Waals surface area contributed by atoms with Gasteiger partial charge in [-0.05, 0) is 122 Å². The molecule has 0 aliphatic carbocycles. The molecule has 0 fully saturated rings. The zero-order valence-electron chi connectivity index (χ0n) is 40.1. The minimum Gasteiger partial charge on any atom is -0.871 e. The number of hydrogen-bond acceptors (Lipinski definition) is 15. The quantitative estimate of drug-likeness (QED) is 0.0260. The molecule has 0 atom stereocenters. The summed E-state index contributed by atoms with van der Waals surface area (Å²) in [4.78, 5) is 16.4. The number of nitrogens with one attached hydrogen (secondary N) is 1. The van der Waals surface area contributed by atoms with Crippen LogP contribution in [0.15, 0.2) is 169 Å². The second-order valence-electron chi connectivity index (χ2n) is 15.9. The number of azo groups is 2. The Bertz CT molecular complexity index is 3780. The minimum absolute atomic E-state index is 0. The fraction of sp³-hybridized carbons (Fsp3) is 0.115. The average Bonchev–Trinajstić information content (AvgIpc) is 3.34. The second kappa shape index (κ2) is 25.0. The van der Waals surface area contributed by atoms with E-state index in [-0.39, 0.29) is 97.7 Å². The summed E-state index contributed by atoms with van der Waals surface area (Å²) >= 11 is 12.4. The summed E-state index contributed by atoms with van der Waals surface area (Å²) < 4.78 is 75.3. The number of carbonyl (C=O) groups is 1. The Hall–Kier alpha value is -6.41. The zero-order chi connectivity index (χ0) is 53.5. The van der Waals surface area contributed by atoms with Crippen LogP contribution in [0, 0.1) is 13.8 Å². The third kappa shape index (κ3) is 14.1. The van der Waals surface area contributed by atoms with Crippen molar-refractivity contribution in [1.82, 2.24) is 0 Å². The first-order chi connectivity index (χ1) is 35.2. The van der Waals surface area contributed by atoms with Gasteiger partial charge in [-0.1, -0.05) is 89.6 Å². The Morgan fingerprint density at radius 3 is 1.60 bits per heavy atom. The first kappa shape index (κ1) is 57.9. The van der Waals surface area contributed by atoms with Crippen molar-refractivity contribution in [3.63, 3.8) is 0 Å². The van der Waals surface area contributed by atoms with Crippen molar-refractivity contribution in [2.45, 2.75) is 37.5 Å². The van der Waals surface area contributed by atoms with Crippen molar-refractivity contribution in [3.8, 4) is 23.0 Å². The molecule has 0 saturated heterocycles. The topological polar surface area (TPSA) is 284 Å². The van der Waals surface area contributed by atoms with Crippen LogP contribution in [-0.2, 0) is 20.2 Å². The molecule has 0 heterocycles. The van der Waals surface area contributed by atoms with Gasteiger partial charge in [-0.15, -0.1) is 15.3 Å². The van der Waals surface area contributed by atoms with Gasteiger partial charge >= 0.3 is 48.9 Å². The molecule has 0 aliphatic rings. The predicted molar refractivity (Wildman–Crippen MR) is 284 cm³/mol. The summed E-state index contributed by atoms with van der Waals surface area (Å²) in [6, 6.07) is 34.8. The molecule has 0 unspecified atom stereocenters. The van der Waals surface area contributed by atoms with Gasteiger partial charge in [0.2, 0.25) is 0 Å². The number of phenolic OH excluding ortho intramolecular Hbond substituents is 1. The number of aliphatic imine (C=N–C) groups is 1. The summed E-state index contributed by atoms with van der Waals surface area (Å²) in [6.45, 7) is 7.68. The van der Waals surface area contributed by atoms with Crippen LogP contribution in [0.5, 0.6) is 23.0 Å². The van der Waals surface area contributed by atoms with Gasteiger partial charge in [0.15, 0.2) is 5.75 Å². The Morgan fingerprint density at radius 2 is 1.08 bits per heavy atom. The third-order valence-electron chi connectivity index (χ3n) is 10.8. The number of anilines is 1. The van der Waals surface area contributed by atoms with Gasteiger partial charge in [-0.3, -0.25) is 18.9 Å². The number of aryl methyl sites for hydroxylation is 2. The molecule has 4 N–H and O–H groups in total. The van der Waals surface area contributed by atoms with Crippen molar-refractivity contribution in [1.29, 1.82) is 0 Å². The van der Waals surface area contributed by atoms with E-state index in [0.29, 0.717) is 68.8 Å². The van der Waals surface area contributed by atoms with Crippen LogP contribution in [0.3, 0.4) is 0 Å². The van der Waals surface area contributed by atoms with Crippen LogP contribution in [-0.4, -0.2) is 105 Å². The number of rotatable bonds is 14. The maximum atomic E-state index is 13.4. The molecule has 8 rings (SSSR count). The normalized spacial score (nSPS) is 11.9. The van der Waals surface area contributed by atoms with Crippen molar-refractivity contribution in [2.75, 3.05) is 18.5 Å². The first-order valence-electron chi connectivity index (χ1n) is 22.1. The molecule has 0 bridgehead atoms. The fourth-order valence-electron chi connectivity index (χ4n) is 7.34. The van der Waals surface area contributed by atoms with Crippen molar-refractivity contribution < 1.29 is 55.5 Å². The molecule has 8 aromatic carbocycles. The zero-order valence-corrected chi connectivity index (χ0v) is 47.7. The van der Waals surface area contributed by atoms with Crippen molar-refractivity contribution >= 4 is 160 Å². The number of nitrogens with zero attached hydrogens (tertiary/aromatic N) is 5. The van der Waals surface area contributed by atoms with E-state index in [1.807, 2.05) is 13.8 Å². The van der Waals surface area contributed by atoms with E-state index >= 15 is 0 Å². The molecule has 0 aromatic heterocycles. The molecule has 1 amide bonds. The van der Waals surface area contributed by atoms with Crippen LogP contribution in [0.2, 0.25) is 10.0 Å². The fourth-order valence-corrected chi connectivity index (χ4v) is 9.26. The number of benzene rings is 8. The molecule has 18 nitrogen and oxygen atoms in total. The number of aromatic hydroxyl groups is 1. The molecule has 0 saturated carbocycles. The maximum Gasteiger partial charge on any atom is 2.00 e. The van der Waals surface area contributed by atoms with E-state index in [4.69, 9.17) is 32.7 Å². The Balaban J connectivity index is 0.000000241. The summed E-state index contributed by atoms with van der Waals surface area (Å²) in [5.74, 6) is -1.28. The number of fused-ring (bicyclic) bond motifs is 2. The minimum atomic E-state index is -4.48. The standard InChI is InChI=1S/2C26H22ClN3O6S.Ba/c2*1-3-36-18-9-6-8-17(13-18)28-26(32)21-12-16-7-4-5-10-20(16)24(25(21)31)30-29-23-15(2)11-19(14-22(23)27)37(33,34)35;/h2*4-14,31H,3H2,1-2H3,(H,28,32)(H,33,34,35);/q;;+2/p-2. The molecule has 0 aliphatic heterocycles. The van der Waals surface area contributed by atoms with E-state index in [9.17, 15) is 46.1 Å². The van der Waals surface area contributed by atoms with Crippen LogP contribution in [0.1, 0.15) is 40.9 Å². The molecular weight excluding hydrogens is 1170 g/mol.